The van der Waals surface area contributed by atoms with Gasteiger partial charge in [-0.05, 0) is 31.9 Å². The molecule has 2 heterocycles. The van der Waals surface area contributed by atoms with Crippen LogP contribution in [-0.2, 0) is 14.6 Å². The van der Waals surface area contributed by atoms with Crippen molar-refractivity contribution in [3.63, 3.8) is 0 Å². The number of rotatable bonds is 6. The predicted octanol–water partition coefficient (Wildman–Crippen LogP) is 1.18. The van der Waals surface area contributed by atoms with Crippen LogP contribution in [-0.4, -0.2) is 54.7 Å². The first-order valence-corrected chi connectivity index (χ1v) is 8.96. The highest BCUT2D eigenvalue weighted by Crippen LogP contribution is 2.27. The van der Waals surface area contributed by atoms with Gasteiger partial charge in [-0.15, -0.1) is 0 Å². The van der Waals surface area contributed by atoms with E-state index in [2.05, 4.69) is 10.3 Å². The highest BCUT2D eigenvalue weighted by atomic mass is 32.2. The summed E-state index contributed by atoms with van der Waals surface area (Å²) in [5.74, 6) is -0.753. The zero-order chi connectivity index (χ0) is 16.2. The van der Waals surface area contributed by atoms with Gasteiger partial charge in [-0.1, -0.05) is 0 Å². The molecule has 0 radical (unpaired) electrons. The molecule has 0 bridgehead atoms. The lowest BCUT2D eigenvalue weighted by Gasteiger charge is -2.36. The monoisotopic (exact) mass is 328 g/mol. The molecule has 1 fully saturated rings. The number of nitrogens with one attached hydrogen (secondary N) is 1. The van der Waals surface area contributed by atoms with Crippen molar-refractivity contribution in [2.45, 2.75) is 25.4 Å². The van der Waals surface area contributed by atoms with E-state index in [4.69, 9.17) is 9.84 Å². The number of aromatic nitrogens is 1. The van der Waals surface area contributed by atoms with Gasteiger partial charge in [0.1, 0.15) is 11.4 Å². The van der Waals surface area contributed by atoms with Crippen LogP contribution in [0.25, 0.3) is 0 Å². The summed E-state index contributed by atoms with van der Waals surface area (Å²) in [4.78, 5) is 15.2. The van der Waals surface area contributed by atoms with E-state index in [0.29, 0.717) is 19.4 Å². The molecular weight excluding hydrogens is 308 g/mol. The minimum atomic E-state index is -3.15. The molecule has 0 saturated carbocycles. The Morgan fingerprint density at radius 3 is 2.95 bits per heavy atom. The molecule has 2 N–H and O–H groups in total. The van der Waals surface area contributed by atoms with Crippen molar-refractivity contribution in [1.82, 2.24) is 4.98 Å². The van der Waals surface area contributed by atoms with Gasteiger partial charge in [0.15, 0.2) is 9.84 Å². The Morgan fingerprint density at radius 2 is 2.32 bits per heavy atom. The van der Waals surface area contributed by atoms with Crippen LogP contribution in [0.2, 0.25) is 0 Å². The SMILES string of the molecule is CCOC1(CNc2ncccc2C(=O)O)CCCS(=O)(=O)C1. The number of hydrogen-bond donors (Lipinski definition) is 2. The van der Waals surface area contributed by atoms with Crippen molar-refractivity contribution >= 4 is 21.6 Å². The number of pyridine rings is 1. The lowest BCUT2D eigenvalue weighted by molar-refractivity contribution is -0.0207. The average Bonchev–Trinajstić information content (AvgIpc) is 2.44. The molecule has 1 aliphatic heterocycles. The van der Waals surface area contributed by atoms with Gasteiger partial charge < -0.3 is 15.2 Å². The van der Waals surface area contributed by atoms with Gasteiger partial charge in [0.25, 0.3) is 0 Å². The van der Waals surface area contributed by atoms with E-state index in [1.807, 2.05) is 6.92 Å². The predicted molar refractivity (Wildman–Crippen MR) is 81.9 cm³/mol. The van der Waals surface area contributed by atoms with Gasteiger partial charge in [-0.2, -0.15) is 0 Å². The first kappa shape index (κ1) is 16.7. The molecule has 8 heteroatoms. The minimum absolute atomic E-state index is 0.0489. The number of sulfone groups is 1. The third kappa shape index (κ3) is 3.95. The average molecular weight is 328 g/mol. The van der Waals surface area contributed by atoms with Crippen molar-refractivity contribution in [2.24, 2.45) is 0 Å². The van der Waals surface area contributed by atoms with Gasteiger partial charge in [0.05, 0.1) is 17.1 Å². The number of hydrogen-bond acceptors (Lipinski definition) is 6. The molecule has 0 spiro atoms. The van der Waals surface area contributed by atoms with Gasteiger partial charge in [0.2, 0.25) is 0 Å². The molecule has 1 aromatic rings. The van der Waals surface area contributed by atoms with Gasteiger partial charge >= 0.3 is 5.97 Å². The molecule has 1 saturated heterocycles. The normalized spacial score (nSPS) is 23.9. The third-order valence-electron chi connectivity index (χ3n) is 3.64. The first-order chi connectivity index (χ1) is 10.4. The van der Waals surface area contributed by atoms with Crippen LogP contribution in [0.3, 0.4) is 0 Å². The molecule has 1 aliphatic rings. The van der Waals surface area contributed by atoms with E-state index in [9.17, 15) is 13.2 Å². The Morgan fingerprint density at radius 1 is 1.55 bits per heavy atom. The molecule has 0 aliphatic carbocycles. The van der Waals surface area contributed by atoms with Crippen LogP contribution in [0.5, 0.6) is 0 Å². The smallest absolute Gasteiger partial charge is 0.339 e. The zero-order valence-electron chi connectivity index (χ0n) is 12.4. The van der Waals surface area contributed by atoms with Gasteiger partial charge in [-0.25, -0.2) is 18.2 Å². The van der Waals surface area contributed by atoms with Crippen LogP contribution in [0, 0.1) is 0 Å². The fourth-order valence-corrected chi connectivity index (χ4v) is 4.59. The number of ether oxygens (including phenoxy) is 1. The number of aromatic carboxylic acids is 1. The largest absolute Gasteiger partial charge is 0.478 e. The summed E-state index contributed by atoms with van der Waals surface area (Å²) in [6.45, 7) is 2.41. The highest BCUT2D eigenvalue weighted by Gasteiger charge is 2.39. The Kier molecular flexibility index (Phi) is 5.02. The number of carboxylic acid groups (broad SMARTS) is 1. The summed E-state index contributed by atoms with van der Waals surface area (Å²) in [5, 5.41) is 12.1. The molecule has 7 nitrogen and oxygen atoms in total. The number of carbonyl (C=O) groups is 1. The molecule has 22 heavy (non-hydrogen) atoms. The summed E-state index contributed by atoms with van der Waals surface area (Å²) >= 11 is 0. The lowest BCUT2D eigenvalue weighted by atomic mass is 9.99. The summed E-state index contributed by atoms with van der Waals surface area (Å²) in [6.07, 6.45) is 2.64. The topological polar surface area (TPSA) is 106 Å². The molecular formula is C14H20N2O5S. The molecule has 0 amide bonds. The Bertz CT molecular complexity index is 642. The molecule has 1 aromatic heterocycles. The van der Waals surface area contributed by atoms with E-state index in [1.54, 1.807) is 0 Å². The van der Waals surface area contributed by atoms with E-state index in [0.717, 1.165) is 0 Å². The van der Waals surface area contributed by atoms with Crippen molar-refractivity contribution in [3.05, 3.63) is 23.9 Å². The molecule has 1 atom stereocenters. The number of anilines is 1. The van der Waals surface area contributed by atoms with Crippen LogP contribution in [0.1, 0.15) is 30.1 Å². The molecule has 122 valence electrons. The Labute approximate surface area is 129 Å². The van der Waals surface area contributed by atoms with Crippen molar-refractivity contribution in [3.8, 4) is 0 Å². The standard InChI is InChI=1S/C14H20N2O5S/c1-2-21-14(6-4-8-22(19,20)10-14)9-16-12-11(13(17)18)5-3-7-15-12/h3,5,7H,2,4,6,8-10H2,1H3,(H,15,16)(H,17,18). The Hall–Kier alpha value is -1.67. The van der Waals surface area contributed by atoms with Crippen LogP contribution in [0.15, 0.2) is 18.3 Å². The highest BCUT2D eigenvalue weighted by molar-refractivity contribution is 7.91. The van der Waals surface area contributed by atoms with E-state index in [-0.39, 0.29) is 29.4 Å². The van der Waals surface area contributed by atoms with Crippen LogP contribution < -0.4 is 5.32 Å². The van der Waals surface area contributed by atoms with Gasteiger partial charge in [-0.3, -0.25) is 0 Å². The fraction of sp³-hybridized carbons (Fsp3) is 0.571. The lowest BCUT2D eigenvalue weighted by Crippen LogP contribution is -2.50. The van der Waals surface area contributed by atoms with Crippen LogP contribution in [0.4, 0.5) is 5.82 Å². The quantitative estimate of drug-likeness (QED) is 0.807. The summed E-state index contributed by atoms with van der Waals surface area (Å²) in [5.41, 5.74) is -0.785. The zero-order valence-corrected chi connectivity index (χ0v) is 13.2. The van der Waals surface area contributed by atoms with E-state index in [1.165, 1.54) is 18.3 Å². The minimum Gasteiger partial charge on any atom is -0.478 e. The van der Waals surface area contributed by atoms with Gasteiger partial charge in [0, 0.05) is 19.3 Å². The van der Waals surface area contributed by atoms with E-state index < -0.39 is 21.4 Å². The van der Waals surface area contributed by atoms with Crippen molar-refractivity contribution in [1.29, 1.82) is 0 Å². The van der Waals surface area contributed by atoms with E-state index >= 15 is 0 Å². The van der Waals surface area contributed by atoms with Crippen molar-refractivity contribution < 1.29 is 23.1 Å². The maximum atomic E-state index is 11.9. The Balaban J connectivity index is 2.18. The second kappa shape index (κ2) is 6.62. The fourth-order valence-electron chi connectivity index (χ4n) is 2.73. The molecule has 2 rings (SSSR count). The second-order valence-electron chi connectivity index (χ2n) is 5.37. The number of nitrogens with zero attached hydrogens (tertiary/aromatic N) is 1. The van der Waals surface area contributed by atoms with Crippen molar-refractivity contribution in [2.75, 3.05) is 30.0 Å². The summed E-state index contributed by atoms with van der Waals surface area (Å²) in [7, 11) is -3.15. The summed E-state index contributed by atoms with van der Waals surface area (Å²) < 4.78 is 29.5. The third-order valence-corrected chi connectivity index (χ3v) is 5.51. The number of carboxylic acids is 1. The van der Waals surface area contributed by atoms with Crippen LogP contribution >= 0.6 is 0 Å². The second-order valence-corrected chi connectivity index (χ2v) is 7.55. The maximum Gasteiger partial charge on any atom is 0.339 e. The summed E-state index contributed by atoms with van der Waals surface area (Å²) in [6, 6.07) is 2.99. The first-order valence-electron chi connectivity index (χ1n) is 7.14. The molecule has 0 aromatic carbocycles. The molecule has 1 unspecified atom stereocenters. The maximum absolute atomic E-state index is 11.9.